The Morgan fingerprint density at radius 2 is 2.26 bits per heavy atom. The van der Waals surface area contributed by atoms with Crippen molar-refractivity contribution in [3.05, 3.63) is 30.1 Å². The number of likely N-dealkylation sites (N-methyl/N-ethyl adjacent to an activating group) is 2. The second kappa shape index (κ2) is 7.01. The summed E-state index contributed by atoms with van der Waals surface area (Å²) in [5.41, 5.74) is 1.30. The lowest BCUT2D eigenvalue weighted by atomic mass is 9.80. The Hall–Kier alpha value is -0.930. The molecule has 0 radical (unpaired) electrons. The molecular weight excluding hydrogens is 234 g/mol. The van der Waals surface area contributed by atoms with Gasteiger partial charge in [0.05, 0.1) is 0 Å². The molecule has 0 saturated heterocycles. The highest BCUT2D eigenvalue weighted by atomic mass is 15.2. The molecule has 1 fully saturated rings. The topological polar surface area (TPSA) is 28.2 Å². The fourth-order valence-corrected chi connectivity index (χ4v) is 3.32. The molecule has 1 saturated carbocycles. The fourth-order valence-electron chi connectivity index (χ4n) is 3.32. The Bertz CT molecular complexity index is 366. The summed E-state index contributed by atoms with van der Waals surface area (Å²) in [5, 5.41) is 3.51. The van der Waals surface area contributed by atoms with Gasteiger partial charge in [0.2, 0.25) is 0 Å². The molecule has 0 aromatic carbocycles. The molecule has 0 bridgehead atoms. The summed E-state index contributed by atoms with van der Waals surface area (Å²) in [4.78, 5) is 6.71. The average molecular weight is 261 g/mol. The normalized spacial score (nSPS) is 27.7. The highest BCUT2D eigenvalue weighted by Crippen LogP contribution is 2.30. The lowest BCUT2D eigenvalue weighted by molar-refractivity contribution is 0.116. The molecule has 1 N–H and O–H groups in total. The standard InChI is InChI=1S/C16H27N3/c1-4-13-7-8-15(17-2)16(10-13)19(3)12-14-6-5-9-18-11-14/h5-6,9,11,13,15-17H,4,7-8,10,12H2,1-3H3. The van der Waals surface area contributed by atoms with Gasteiger partial charge in [-0.3, -0.25) is 9.88 Å². The molecule has 0 aliphatic heterocycles. The summed E-state index contributed by atoms with van der Waals surface area (Å²) >= 11 is 0. The Balaban J connectivity index is 2.00. The van der Waals surface area contributed by atoms with Gasteiger partial charge in [-0.2, -0.15) is 0 Å². The molecule has 3 nitrogen and oxygen atoms in total. The van der Waals surface area contributed by atoms with Gasteiger partial charge < -0.3 is 5.32 Å². The summed E-state index contributed by atoms with van der Waals surface area (Å²) in [6, 6.07) is 5.46. The van der Waals surface area contributed by atoms with Crippen molar-refractivity contribution in [2.45, 2.75) is 51.2 Å². The zero-order chi connectivity index (χ0) is 13.7. The van der Waals surface area contributed by atoms with Crippen molar-refractivity contribution in [3.63, 3.8) is 0 Å². The Morgan fingerprint density at radius 1 is 1.42 bits per heavy atom. The predicted molar refractivity (Wildman–Crippen MR) is 80.0 cm³/mol. The van der Waals surface area contributed by atoms with Crippen molar-refractivity contribution in [1.29, 1.82) is 0 Å². The van der Waals surface area contributed by atoms with E-state index in [2.05, 4.69) is 42.3 Å². The Morgan fingerprint density at radius 3 is 2.89 bits per heavy atom. The van der Waals surface area contributed by atoms with Crippen LogP contribution in [0.2, 0.25) is 0 Å². The van der Waals surface area contributed by atoms with E-state index in [9.17, 15) is 0 Å². The van der Waals surface area contributed by atoms with Crippen LogP contribution in [0.25, 0.3) is 0 Å². The number of hydrogen-bond donors (Lipinski definition) is 1. The van der Waals surface area contributed by atoms with E-state index in [1.54, 1.807) is 0 Å². The van der Waals surface area contributed by atoms with Gasteiger partial charge >= 0.3 is 0 Å². The van der Waals surface area contributed by atoms with E-state index < -0.39 is 0 Å². The van der Waals surface area contributed by atoms with E-state index in [1.165, 1.54) is 31.2 Å². The molecule has 1 aliphatic carbocycles. The molecule has 1 aromatic heterocycles. The lowest BCUT2D eigenvalue weighted by Crippen LogP contribution is -2.50. The van der Waals surface area contributed by atoms with Crippen LogP contribution in [0.15, 0.2) is 24.5 Å². The SMILES string of the molecule is CCC1CCC(NC)C(N(C)Cc2cccnc2)C1. The minimum atomic E-state index is 0.629. The van der Waals surface area contributed by atoms with Gasteiger partial charge in [0.15, 0.2) is 0 Å². The van der Waals surface area contributed by atoms with Gasteiger partial charge in [0, 0.05) is 31.0 Å². The highest BCUT2D eigenvalue weighted by molar-refractivity contribution is 5.08. The number of hydrogen-bond acceptors (Lipinski definition) is 3. The van der Waals surface area contributed by atoms with Crippen molar-refractivity contribution in [1.82, 2.24) is 15.2 Å². The van der Waals surface area contributed by atoms with Crippen molar-refractivity contribution < 1.29 is 0 Å². The van der Waals surface area contributed by atoms with Crippen LogP contribution < -0.4 is 5.32 Å². The molecule has 1 aromatic rings. The molecule has 1 heterocycles. The highest BCUT2D eigenvalue weighted by Gasteiger charge is 2.31. The van der Waals surface area contributed by atoms with Crippen LogP contribution in [0, 0.1) is 5.92 Å². The van der Waals surface area contributed by atoms with E-state index in [4.69, 9.17) is 0 Å². The summed E-state index contributed by atoms with van der Waals surface area (Å²) < 4.78 is 0. The largest absolute Gasteiger partial charge is 0.315 e. The van der Waals surface area contributed by atoms with Gasteiger partial charge in [0.1, 0.15) is 0 Å². The molecule has 19 heavy (non-hydrogen) atoms. The van der Waals surface area contributed by atoms with Gasteiger partial charge in [-0.1, -0.05) is 19.4 Å². The van der Waals surface area contributed by atoms with E-state index in [1.807, 2.05) is 18.5 Å². The Kier molecular flexibility index (Phi) is 5.34. The minimum absolute atomic E-state index is 0.629. The van der Waals surface area contributed by atoms with Crippen LogP contribution in [0.3, 0.4) is 0 Å². The first kappa shape index (κ1) is 14.5. The molecule has 0 amide bonds. The molecule has 0 spiro atoms. The summed E-state index contributed by atoms with van der Waals surface area (Å²) in [5.74, 6) is 0.894. The number of rotatable bonds is 5. The van der Waals surface area contributed by atoms with Crippen LogP contribution in [0.4, 0.5) is 0 Å². The maximum atomic E-state index is 4.21. The Labute approximate surface area is 117 Å². The molecule has 3 heteroatoms. The van der Waals surface area contributed by atoms with Crippen LogP contribution in [-0.2, 0) is 6.54 Å². The smallest absolute Gasteiger partial charge is 0.0312 e. The molecule has 3 atom stereocenters. The minimum Gasteiger partial charge on any atom is -0.315 e. The number of nitrogens with zero attached hydrogens (tertiary/aromatic N) is 2. The summed E-state index contributed by atoms with van der Waals surface area (Å²) in [6.07, 6.45) is 9.13. The molecular formula is C16H27N3. The average Bonchev–Trinajstić information content (AvgIpc) is 2.47. The monoisotopic (exact) mass is 261 g/mol. The van der Waals surface area contributed by atoms with Crippen molar-refractivity contribution in [3.8, 4) is 0 Å². The van der Waals surface area contributed by atoms with E-state index >= 15 is 0 Å². The maximum absolute atomic E-state index is 4.21. The zero-order valence-electron chi connectivity index (χ0n) is 12.5. The maximum Gasteiger partial charge on any atom is 0.0312 e. The third kappa shape index (κ3) is 3.77. The van der Waals surface area contributed by atoms with E-state index in [0.29, 0.717) is 12.1 Å². The second-order valence-corrected chi connectivity index (χ2v) is 5.83. The van der Waals surface area contributed by atoms with E-state index in [0.717, 1.165) is 12.5 Å². The first-order chi connectivity index (χ1) is 9.24. The number of nitrogens with one attached hydrogen (secondary N) is 1. The first-order valence-electron chi connectivity index (χ1n) is 7.51. The lowest BCUT2D eigenvalue weighted by Gasteiger charge is -2.41. The molecule has 106 valence electrons. The van der Waals surface area contributed by atoms with Crippen molar-refractivity contribution in [2.75, 3.05) is 14.1 Å². The number of pyridine rings is 1. The second-order valence-electron chi connectivity index (χ2n) is 5.83. The van der Waals surface area contributed by atoms with Gasteiger partial charge in [-0.25, -0.2) is 0 Å². The summed E-state index contributed by atoms with van der Waals surface area (Å²) in [6.45, 7) is 3.32. The van der Waals surface area contributed by atoms with Crippen LogP contribution in [0.1, 0.15) is 38.2 Å². The van der Waals surface area contributed by atoms with Crippen LogP contribution >= 0.6 is 0 Å². The molecule has 2 rings (SSSR count). The third-order valence-electron chi connectivity index (χ3n) is 4.59. The quantitative estimate of drug-likeness (QED) is 0.883. The molecule has 1 aliphatic rings. The predicted octanol–water partition coefficient (Wildman–Crippen LogP) is 2.68. The van der Waals surface area contributed by atoms with Crippen LogP contribution in [0.5, 0.6) is 0 Å². The number of aromatic nitrogens is 1. The van der Waals surface area contributed by atoms with E-state index in [-0.39, 0.29) is 0 Å². The third-order valence-corrected chi connectivity index (χ3v) is 4.59. The van der Waals surface area contributed by atoms with Gasteiger partial charge in [-0.05, 0) is 50.9 Å². The van der Waals surface area contributed by atoms with Crippen LogP contribution in [-0.4, -0.2) is 36.1 Å². The van der Waals surface area contributed by atoms with Gasteiger partial charge in [0.25, 0.3) is 0 Å². The van der Waals surface area contributed by atoms with Crippen molar-refractivity contribution in [2.24, 2.45) is 5.92 Å². The summed E-state index contributed by atoms with van der Waals surface area (Å²) in [7, 11) is 4.35. The molecule has 3 unspecified atom stereocenters. The fraction of sp³-hybridized carbons (Fsp3) is 0.688. The first-order valence-corrected chi connectivity index (χ1v) is 7.51. The van der Waals surface area contributed by atoms with Crippen molar-refractivity contribution >= 4 is 0 Å². The zero-order valence-corrected chi connectivity index (χ0v) is 12.5. The van der Waals surface area contributed by atoms with Gasteiger partial charge in [-0.15, -0.1) is 0 Å².